The summed E-state index contributed by atoms with van der Waals surface area (Å²) in [7, 11) is 0. The third kappa shape index (κ3) is 48.4. The smallest absolute Gasteiger partial charge is 0.306 e. The highest BCUT2D eigenvalue weighted by molar-refractivity contribution is 5.71. The van der Waals surface area contributed by atoms with Crippen LogP contribution in [0.25, 0.3) is 0 Å². The zero-order chi connectivity index (χ0) is 45.1. The van der Waals surface area contributed by atoms with Gasteiger partial charge >= 0.3 is 17.9 Å². The summed E-state index contributed by atoms with van der Waals surface area (Å²) in [5.74, 6) is -0.906. The lowest BCUT2D eigenvalue weighted by Crippen LogP contribution is -2.30. The Labute approximate surface area is 384 Å². The zero-order valence-electron chi connectivity index (χ0n) is 41.1. The molecule has 1 unspecified atom stereocenters. The molecule has 0 saturated carbocycles. The molecule has 6 heteroatoms. The third-order valence-corrected chi connectivity index (χ3v) is 11.6. The first-order valence-electron chi connectivity index (χ1n) is 26.7. The van der Waals surface area contributed by atoms with Crippen molar-refractivity contribution in [3.63, 3.8) is 0 Å². The van der Waals surface area contributed by atoms with Crippen molar-refractivity contribution in [3.8, 4) is 0 Å². The number of unbranched alkanes of at least 4 members (excludes halogenated alkanes) is 30. The van der Waals surface area contributed by atoms with Crippen LogP contribution in [-0.2, 0) is 28.6 Å². The minimum Gasteiger partial charge on any atom is -0.462 e. The first-order chi connectivity index (χ1) is 30.5. The first kappa shape index (κ1) is 59.4. The Hall–Kier alpha value is -2.63. The molecule has 0 aliphatic heterocycles. The van der Waals surface area contributed by atoms with E-state index < -0.39 is 6.10 Å². The van der Waals surface area contributed by atoms with Crippen LogP contribution in [0.3, 0.4) is 0 Å². The Morgan fingerprint density at radius 1 is 0.323 bits per heavy atom. The summed E-state index contributed by atoms with van der Waals surface area (Å²) >= 11 is 0. The van der Waals surface area contributed by atoms with Crippen LogP contribution in [0.5, 0.6) is 0 Å². The average molecular weight is 869 g/mol. The minimum atomic E-state index is -0.783. The Balaban J connectivity index is 4.38. The molecule has 0 aliphatic rings. The Kier molecular flexibility index (Phi) is 48.8. The molecule has 0 rings (SSSR count). The van der Waals surface area contributed by atoms with Crippen molar-refractivity contribution in [1.82, 2.24) is 0 Å². The van der Waals surface area contributed by atoms with Gasteiger partial charge in [-0.15, -0.1) is 0 Å². The lowest BCUT2D eigenvalue weighted by atomic mass is 10.1. The van der Waals surface area contributed by atoms with Gasteiger partial charge in [0.2, 0.25) is 0 Å². The van der Waals surface area contributed by atoms with Crippen molar-refractivity contribution in [1.29, 1.82) is 0 Å². The summed E-state index contributed by atoms with van der Waals surface area (Å²) in [5, 5.41) is 0. The molecule has 360 valence electrons. The SMILES string of the molecule is CCCC/C=C\CCCCCCCC(=O)OCC(COC(=O)CCCCCCC/C=C\C=C/CCCCCCCCC)OC(=O)CCCCCCCCC/C=C\CCCCCC. The van der Waals surface area contributed by atoms with E-state index in [0.717, 1.165) is 83.5 Å². The summed E-state index contributed by atoms with van der Waals surface area (Å²) in [4.78, 5) is 38.0. The van der Waals surface area contributed by atoms with Crippen molar-refractivity contribution in [2.24, 2.45) is 0 Å². The molecule has 0 amide bonds. The molecule has 0 aromatic rings. The molecule has 0 bridgehead atoms. The third-order valence-electron chi connectivity index (χ3n) is 11.6. The molecule has 0 aliphatic carbocycles. The second kappa shape index (κ2) is 51.0. The predicted octanol–water partition coefficient (Wildman–Crippen LogP) is 17.5. The van der Waals surface area contributed by atoms with Gasteiger partial charge in [0.25, 0.3) is 0 Å². The van der Waals surface area contributed by atoms with E-state index in [0.29, 0.717) is 19.3 Å². The monoisotopic (exact) mass is 869 g/mol. The lowest BCUT2D eigenvalue weighted by molar-refractivity contribution is -0.167. The maximum Gasteiger partial charge on any atom is 0.306 e. The molecule has 1 atom stereocenters. The number of carbonyl (C=O) groups excluding carboxylic acids is 3. The fourth-order valence-corrected chi connectivity index (χ4v) is 7.47. The summed E-state index contributed by atoms with van der Waals surface area (Å²) < 4.78 is 16.8. The molecule has 0 aromatic heterocycles. The second-order valence-corrected chi connectivity index (χ2v) is 17.8. The van der Waals surface area contributed by atoms with Crippen molar-refractivity contribution in [2.45, 2.75) is 277 Å². The second-order valence-electron chi connectivity index (χ2n) is 17.8. The molecule has 0 saturated heterocycles. The number of carbonyl (C=O) groups is 3. The summed E-state index contributed by atoms with van der Waals surface area (Å²) in [5.41, 5.74) is 0. The molecular formula is C56H100O6. The van der Waals surface area contributed by atoms with Crippen LogP contribution in [-0.4, -0.2) is 37.2 Å². The van der Waals surface area contributed by atoms with E-state index in [1.807, 2.05) is 0 Å². The molecule has 6 nitrogen and oxygen atoms in total. The molecule has 62 heavy (non-hydrogen) atoms. The molecule has 0 radical (unpaired) electrons. The van der Waals surface area contributed by atoms with Crippen LogP contribution in [0.4, 0.5) is 0 Å². The molecule has 0 N–H and O–H groups in total. The van der Waals surface area contributed by atoms with Crippen LogP contribution >= 0.6 is 0 Å². The average Bonchev–Trinajstić information content (AvgIpc) is 3.27. The number of ether oxygens (including phenoxy) is 3. The molecule has 0 aromatic carbocycles. The first-order valence-corrected chi connectivity index (χ1v) is 26.7. The Morgan fingerprint density at radius 3 is 0.968 bits per heavy atom. The largest absolute Gasteiger partial charge is 0.462 e. The Bertz CT molecular complexity index is 1090. The van der Waals surface area contributed by atoms with Crippen LogP contribution in [0, 0.1) is 0 Å². The van der Waals surface area contributed by atoms with Gasteiger partial charge in [-0.1, -0.05) is 211 Å². The molecule has 0 fully saturated rings. The fraction of sp³-hybridized carbons (Fsp3) is 0.804. The summed E-state index contributed by atoms with van der Waals surface area (Å²) in [6.07, 6.45) is 60.9. The van der Waals surface area contributed by atoms with E-state index in [1.165, 1.54) is 148 Å². The number of hydrogen-bond acceptors (Lipinski definition) is 6. The number of esters is 3. The lowest BCUT2D eigenvalue weighted by Gasteiger charge is -2.18. The topological polar surface area (TPSA) is 78.9 Å². The van der Waals surface area contributed by atoms with Gasteiger partial charge in [-0.25, -0.2) is 0 Å². The highest BCUT2D eigenvalue weighted by atomic mass is 16.6. The molecule has 0 heterocycles. The van der Waals surface area contributed by atoms with E-state index in [4.69, 9.17) is 14.2 Å². The number of hydrogen-bond donors (Lipinski definition) is 0. The van der Waals surface area contributed by atoms with Crippen LogP contribution in [0.15, 0.2) is 48.6 Å². The van der Waals surface area contributed by atoms with Crippen LogP contribution in [0.1, 0.15) is 271 Å². The fourth-order valence-electron chi connectivity index (χ4n) is 7.47. The maximum atomic E-state index is 12.8. The van der Waals surface area contributed by atoms with Gasteiger partial charge in [0.1, 0.15) is 13.2 Å². The van der Waals surface area contributed by atoms with Crippen molar-refractivity contribution < 1.29 is 28.6 Å². The maximum absolute atomic E-state index is 12.8. The molecular weight excluding hydrogens is 769 g/mol. The quantitative estimate of drug-likeness (QED) is 0.0199. The summed E-state index contributed by atoms with van der Waals surface area (Å²) in [6, 6.07) is 0. The predicted molar refractivity (Wildman–Crippen MR) is 265 cm³/mol. The van der Waals surface area contributed by atoms with Gasteiger partial charge in [0.05, 0.1) is 0 Å². The van der Waals surface area contributed by atoms with Gasteiger partial charge < -0.3 is 14.2 Å². The minimum absolute atomic E-state index is 0.0836. The normalized spacial score (nSPS) is 12.4. The van der Waals surface area contributed by atoms with Crippen LogP contribution in [0.2, 0.25) is 0 Å². The summed E-state index contributed by atoms with van der Waals surface area (Å²) in [6.45, 7) is 6.57. The van der Waals surface area contributed by atoms with E-state index in [-0.39, 0.29) is 31.1 Å². The van der Waals surface area contributed by atoms with Crippen molar-refractivity contribution in [2.75, 3.05) is 13.2 Å². The van der Waals surface area contributed by atoms with E-state index >= 15 is 0 Å². The van der Waals surface area contributed by atoms with E-state index in [9.17, 15) is 14.4 Å². The standard InChI is InChI=1S/C56H100O6/c1-4-7-10-13-16-19-22-24-26-27-28-30-31-34-37-40-43-46-49-55(58)61-52-53(51-60-54(57)48-45-42-39-36-33-21-18-15-12-9-6-3)62-56(59)50-47-44-41-38-35-32-29-25-23-20-17-14-11-8-5-2/h15,18,20,23,26-28,30,53H,4-14,16-17,19,21-22,24-25,29,31-52H2,1-3H3/b18-15-,23-20-,27-26-,30-28-. The number of rotatable bonds is 48. The highest BCUT2D eigenvalue weighted by Crippen LogP contribution is 2.14. The highest BCUT2D eigenvalue weighted by Gasteiger charge is 2.19. The number of allylic oxidation sites excluding steroid dienone is 8. The van der Waals surface area contributed by atoms with Gasteiger partial charge in [0.15, 0.2) is 6.10 Å². The van der Waals surface area contributed by atoms with Crippen LogP contribution < -0.4 is 0 Å². The van der Waals surface area contributed by atoms with Gasteiger partial charge in [-0.3, -0.25) is 14.4 Å². The molecule has 0 spiro atoms. The van der Waals surface area contributed by atoms with E-state index in [1.54, 1.807) is 0 Å². The Morgan fingerprint density at radius 2 is 0.597 bits per heavy atom. The van der Waals surface area contributed by atoms with Crippen molar-refractivity contribution >= 4 is 17.9 Å². The van der Waals surface area contributed by atoms with E-state index in [2.05, 4.69) is 69.4 Å². The van der Waals surface area contributed by atoms with Gasteiger partial charge in [0, 0.05) is 19.3 Å². The van der Waals surface area contributed by atoms with Gasteiger partial charge in [-0.05, 0) is 89.9 Å². The zero-order valence-corrected chi connectivity index (χ0v) is 41.1. The van der Waals surface area contributed by atoms with Crippen molar-refractivity contribution in [3.05, 3.63) is 48.6 Å². The van der Waals surface area contributed by atoms with Gasteiger partial charge in [-0.2, -0.15) is 0 Å².